The van der Waals surface area contributed by atoms with E-state index in [-0.39, 0.29) is 24.6 Å². The Hall–Kier alpha value is -2.25. The van der Waals surface area contributed by atoms with Gasteiger partial charge in [-0.25, -0.2) is 4.79 Å². The zero-order valence-corrected chi connectivity index (χ0v) is 12.6. The molecular weight excluding hydrogens is 298 g/mol. The SMILES string of the molecule is O=C(OCCCCON(O)O)c1ccc(-c2ccccc2)cc1. The highest BCUT2D eigenvalue weighted by Crippen LogP contribution is 2.19. The molecule has 2 aromatic carbocycles. The number of rotatable bonds is 8. The lowest BCUT2D eigenvalue weighted by Gasteiger charge is -2.07. The van der Waals surface area contributed by atoms with Crippen molar-refractivity contribution in [2.45, 2.75) is 12.8 Å². The van der Waals surface area contributed by atoms with Crippen LogP contribution in [0.4, 0.5) is 0 Å². The van der Waals surface area contributed by atoms with Gasteiger partial charge < -0.3 is 4.74 Å². The van der Waals surface area contributed by atoms with Crippen molar-refractivity contribution in [3.05, 3.63) is 60.2 Å². The molecule has 0 amide bonds. The Kier molecular flexibility index (Phi) is 6.71. The van der Waals surface area contributed by atoms with Crippen LogP contribution in [-0.2, 0) is 9.57 Å². The van der Waals surface area contributed by atoms with Crippen molar-refractivity contribution in [2.75, 3.05) is 13.2 Å². The molecule has 6 heteroatoms. The number of esters is 1. The Bertz CT molecular complexity index is 598. The number of carbonyl (C=O) groups is 1. The molecule has 2 rings (SSSR count). The van der Waals surface area contributed by atoms with Gasteiger partial charge in [0.15, 0.2) is 0 Å². The molecule has 0 heterocycles. The predicted octanol–water partition coefficient (Wildman–Crippen LogP) is 3.30. The summed E-state index contributed by atoms with van der Waals surface area (Å²) >= 11 is 0. The second-order valence-electron chi connectivity index (χ2n) is 4.87. The van der Waals surface area contributed by atoms with Gasteiger partial charge in [-0.05, 0) is 36.1 Å². The van der Waals surface area contributed by atoms with E-state index in [9.17, 15) is 4.79 Å². The van der Waals surface area contributed by atoms with Crippen LogP contribution in [0, 0.1) is 0 Å². The minimum atomic E-state index is -0.378. The van der Waals surface area contributed by atoms with Crippen molar-refractivity contribution in [2.24, 2.45) is 0 Å². The first kappa shape index (κ1) is 17.1. The summed E-state index contributed by atoms with van der Waals surface area (Å²) in [5.74, 6) is -0.378. The molecule has 0 radical (unpaired) electrons. The molecule has 0 aliphatic carbocycles. The number of benzene rings is 2. The highest BCUT2D eigenvalue weighted by atomic mass is 17.1. The van der Waals surface area contributed by atoms with E-state index in [0.717, 1.165) is 11.1 Å². The minimum absolute atomic E-state index is 0.135. The lowest BCUT2D eigenvalue weighted by atomic mass is 10.0. The molecule has 2 aromatic rings. The highest BCUT2D eigenvalue weighted by Gasteiger charge is 2.07. The molecule has 6 nitrogen and oxygen atoms in total. The first-order valence-electron chi connectivity index (χ1n) is 7.30. The normalized spacial score (nSPS) is 10.7. The number of hydrogen-bond acceptors (Lipinski definition) is 6. The Morgan fingerprint density at radius 3 is 2.13 bits per heavy atom. The van der Waals surface area contributed by atoms with E-state index in [0.29, 0.717) is 18.4 Å². The van der Waals surface area contributed by atoms with E-state index in [2.05, 4.69) is 4.84 Å². The van der Waals surface area contributed by atoms with Gasteiger partial charge >= 0.3 is 5.97 Å². The van der Waals surface area contributed by atoms with Crippen LogP contribution in [0.2, 0.25) is 0 Å². The molecule has 0 bridgehead atoms. The van der Waals surface area contributed by atoms with Gasteiger partial charge in [-0.15, -0.1) is 0 Å². The molecule has 0 aliphatic heterocycles. The third kappa shape index (κ3) is 5.80. The largest absolute Gasteiger partial charge is 0.462 e. The first-order valence-corrected chi connectivity index (χ1v) is 7.30. The van der Waals surface area contributed by atoms with Crippen LogP contribution in [0.25, 0.3) is 11.1 Å². The Morgan fingerprint density at radius 1 is 0.870 bits per heavy atom. The molecule has 0 saturated heterocycles. The second kappa shape index (κ2) is 9.02. The van der Waals surface area contributed by atoms with Gasteiger partial charge in [0.2, 0.25) is 0 Å². The summed E-state index contributed by atoms with van der Waals surface area (Å²) in [7, 11) is 0. The molecular formula is C17H19NO5. The van der Waals surface area contributed by atoms with Gasteiger partial charge in [0, 0.05) is 0 Å². The molecule has 0 spiro atoms. The van der Waals surface area contributed by atoms with Crippen molar-refractivity contribution in [3.8, 4) is 11.1 Å². The summed E-state index contributed by atoms with van der Waals surface area (Å²) in [6.07, 6.45) is 1.11. The number of ether oxygens (including phenoxy) is 1. The number of hydrogen-bond donors (Lipinski definition) is 2. The van der Waals surface area contributed by atoms with Crippen molar-refractivity contribution < 1.29 is 24.8 Å². The summed E-state index contributed by atoms with van der Waals surface area (Å²) in [6, 6.07) is 17.2. The van der Waals surface area contributed by atoms with E-state index in [1.807, 2.05) is 42.5 Å². The average Bonchev–Trinajstić information content (AvgIpc) is 2.58. The van der Waals surface area contributed by atoms with Crippen LogP contribution in [-0.4, -0.2) is 35.0 Å². The lowest BCUT2D eigenvalue weighted by molar-refractivity contribution is -0.492. The van der Waals surface area contributed by atoms with Crippen LogP contribution in [0.5, 0.6) is 0 Å². The minimum Gasteiger partial charge on any atom is -0.462 e. The first-order chi connectivity index (χ1) is 11.2. The fourth-order valence-electron chi connectivity index (χ4n) is 2.03. The second-order valence-corrected chi connectivity index (χ2v) is 4.87. The summed E-state index contributed by atoms with van der Waals surface area (Å²) < 4.78 is 5.15. The van der Waals surface area contributed by atoms with Gasteiger partial charge in [0.1, 0.15) is 0 Å². The zero-order chi connectivity index (χ0) is 16.5. The third-order valence-electron chi connectivity index (χ3n) is 3.21. The van der Waals surface area contributed by atoms with E-state index in [1.54, 1.807) is 12.1 Å². The van der Waals surface area contributed by atoms with Gasteiger partial charge in [0.25, 0.3) is 0 Å². The molecule has 0 aromatic heterocycles. The Labute approximate surface area is 134 Å². The summed E-state index contributed by atoms with van der Waals surface area (Å²) in [6.45, 7) is 0.385. The Morgan fingerprint density at radius 2 is 1.48 bits per heavy atom. The van der Waals surface area contributed by atoms with Crippen molar-refractivity contribution >= 4 is 5.97 Å². The van der Waals surface area contributed by atoms with Gasteiger partial charge in [-0.2, -0.15) is 0 Å². The molecule has 0 atom stereocenters. The molecule has 2 N–H and O–H groups in total. The lowest BCUT2D eigenvalue weighted by Crippen LogP contribution is -2.15. The quantitative estimate of drug-likeness (QED) is 0.442. The maximum Gasteiger partial charge on any atom is 0.338 e. The molecule has 0 fully saturated rings. The maximum absolute atomic E-state index is 11.9. The van der Waals surface area contributed by atoms with Crippen LogP contribution < -0.4 is 0 Å². The third-order valence-corrected chi connectivity index (χ3v) is 3.21. The molecule has 0 unspecified atom stereocenters. The van der Waals surface area contributed by atoms with Gasteiger partial charge in [0.05, 0.1) is 24.2 Å². The van der Waals surface area contributed by atoms with Gasteiger partial charge in [-0.3, -0.25) is 15.3 Å². The van der Waals surface area contributed by atoms with Crippen LogP contribution in [0.1, 0.15) is 23.2 Å². The highest BCUT2D eigenvalue weighted by molar-refractivity contribution is 5.90. The van der Waals surface area contributed by atoms with Crippen LogP contribution in [0.15, 0.2) is 54.6 Å². The van der Waals surface area contributed by atoms with Crippen LogP contribution in [0.3, 0.4) is 0 Å². The zero-order valence-electron chi connectivity index (χ0n) is 12.6. The van der Waals surface area contributed by atoms with E-state index in [1.165, 1.54) is 0 Å². The average molecular weight is 317 g/mol. The fraction of sp³-hybridized carbons (Fsp3) is 0.235. The van der Waals surface area contributed by atoms with Gasteiger partial charge in [-0.1, -0.05) is 42.5 Å². The molecule has 0 aliphatic rings. The summed E-state index contributed by atoms with van der Waals surface area (Å²) in [5, 5.41) is 16.3. The maximum atomic E-state index is 11.9. The number of carbonyl (C=O) groups excluding carboxylic acids is 1. The molecule has 122 valence electrons. The molecule has 23 heavy (non-hydrogen) atoms. The van der Waals surface area contributed by atoms with E-state index >= 15 is 0 Å². The standard InChI is InChI=1S/C17H19NO5/c19-17(22-12-4-5-13-23-18(20)21)16-10-8-15(9-11-16)14-6-2-1-3-7-14/h1-3,6-11,20-21H,4-5,12-13H2. The Balaban J connectivity index is 1.77. The van der Waals surface area contributed by atoms with E-state index < -0.39 is 0 Å². The summed E-state index contributed by atoms with van der Waals surface area (Å²) in [4.78, 5) is 16.3. The monoisotopic (exact) mass is 317 g/mol. The van der Waals surface area contributed by atoms with Crippen molar-refractivity contribution in [3.63, 3.8) is 0 Å². The fourth-order valence-corrected chi connectivity index (χ4v) is 2.03. The molecule has 0 saturated carbocycles. The van der Waals surface area contributed by atoms with Crippen molar-refractivity contribution in [1.29, 1.82) is 0 Å². The summed E-state index contributed by atoms with van der Waals surface area (Å²) in [5.41, 5.74) is 2.63. The topological polar surface area (TPSA) is 79.2 Å². The predicted molar refractivity (Wildman–Crippen MR) is 82.8 cm³/mol. The van der Waals surface area contributed by atoms with Crippen molar-refractivity contribution in [1.82, 2.24) is 5.39 Å². The number of nitrogens with zero attached hydrogens (tertiary/aromatic N) is 1. The van der Waals surface area contributed by atoms with E-state index in [4.69, 9.17) is 15.2 Å². The van der Waals surface area contributed by atoms with Crippen LogP contribution >= 0.6 is 0 Å². The number of unbranched alkanes of at least 4 members (excludes halogenated alkanes) is 1. The smallest absolute Gasteiger partial charge is 0.338 e.